The average molecular weight is 239 g/mol. The molecule has 0 unspecified atom stereocenters. The highest BCUT2D eigenvalue weighted by Crippen LogP contribution is 2.41. The zero-order chi connectivity index (χ0) is 12.5. The minimum atomic E-state index is -4.37. The van der Waals surface area contributed by atoms with Gasteiger partial charge in [0.15, 0.2) is 0 Å². The Morgan fingerprint density at radius 1 is 1.18 bits per heavy atom. The minimum absolute atomic E-state index is 0.000585. The SMILES string of the molecule is N#Cc1ccc(C2CCCC2)c(C(F)(F)F)c1. The lowest BCUT2D eigenvalue weighted by Gasteiger charge is -2.17. The Kier molecular flexibility index (Phi) is 3.10. The highest BCUT2D eigenvalue weighted by atomic mass is 19.4. The molecule has 2 rings (SSSR count). The van der Waals surface area contributed by atoms with Crippen LogP contribution in [-0.4, -0.2) is 0 Å². The summed E-state index contributed by atoms with van der Waals surface area (Å²) in [6.07, 6.45) is -0.765. The molecule has 1 aliphatic rings. The average Bonchev–Trinajstić information content (AvgIpc) is 2.80. The van der Waals surface area contributed by atoms with Gasteiger partial charge in [0, 0.05) is 0 Å². The number of benzene rings is 1. The molecule has 0 aromatic heterocycles. The molecule has 1 saturated carbocycles. The molecule has 1 aliphatic carbocycles. The van der Waals surface area contributed by atoms with Crippen molar-refractivity contribution in [3.8, 4) is 6.07 Å². The van der Waals surface area contributed by atoms with E-state index in [1.54, 1.807) is 6.07 Å². The fourth-order valence-corrected chi connectivity index (χ4v) is 2.46. The minimum Gasteiger partial charge on any atom is -0.192 e. The first kappa shape index (κ1) is 12.0. The Bertz CT molecular complexity index is 451. The lowest BCUT2D eigenvalue weighted by Crippen LogP contribution is -2.11. The van der Waals surface area contributed by atoms with E-state index in [1.807, 2.05) is 0 Å². The van der Waals surface area contributed by atoms with E-state index in [1.165, 1.54) is 12.1 Å². The summed E-state index contributed by atoms with van der Waals surface area (Å²) < 4.78 is 38.7. The van der Waals surface area contributed by atoms with Crippen LogP contribution in [0.5, 0.6) is 0 Å². The van der Waals surface area contributed by atoms with Crippen LogP contribution in [0.25, 0.3) is 0 Å². The molecule has 1 aromatic rings. The van der Waals surface area contributed by atoms with Gasteiger partial charge in [-0.3, -0.25) is 0 Å². The molecule has 1 nitrogen and oxygen atoms in total. The van der Waals surface area contributed by atoms with Gasteiger partial charge in [0.25, 0.3) is 0 Å². The maximum absolute atomic E-state index is 12.9. The normalized spacial score (nSPS) is 17.1. The van der Waals surface area contributed by atoms with Gasteiger partial charge >= 0.3 is 6.18 Å². The van der Waals surface area contributed by atoms with Gasteiger partial charge in [-0.05, 0) is 36.5 Å². The van der Waals surface area contributed by atoms with E-state index in [2.05, 4.69) is 0 Å². The summed E-state index contributed by atoms with van der Waals surface area (Å²) in [5, 5.41) is 8.67. The molecule has 0 atom stereocenters. The van der Waals surface area contributed by atoms with Gasteiger partial charge in [0.2, 0.25) is 0 Å². The molecule has 0 spiro atoms. The summed E-state index contributed by atoms with van der Waals surface area (Å²) in [7, 11) is 0. The van der Waals surface area contributed by atoms with Crippen LogP contribution in [-0.2, 0) is 6.18 Å². The number of alkyl halides is 3. The molecular formula is C13H12F3N. The number of hydrogen-bond acceptors (Lipinski definition) is 1. The summed E-state index contributed by atoms with van der Waals surface area (Å²) in [4.78, 5) is 0. The van der Waals surface area contributed by atoms with Gasteiger partial charge in [0.1, 0.15) is 0 Å². The molecule has 0 aliphatic heterocycles. The maximum Gasteiger partial charge on any atom is 0.416 e. The summed E-state index contributed by atoms with van der Waals surface area (Å²) in [6, 6.07) is 5.67. The van der Waals surface area contributed by atoms with Gasteiger partial charge in [-0.25, -0.2) is 0 Å². The van der Waals surface area contributed by atoms with Crippen LogP contribution < -0.4 is 0 Å². The fourth-order valence-electron chi connectivity index (χ4n) is 2.46. The van der Waals surface area contributed by atoms with Crippen molar-refractivity contribution in [1.29, 1.82) is 5.26 Å². The standard InChI is InChI=1S/C13H12F3N/c14-13(15,16)12-7-9(8-17)5-6-11(12)10-3-1-2-4-10/h5-7,10H,1-4H2. The van der Waals surface area contributed by atoms with Crippen LogP contribution in [0.2, 0.25) is 0 Å². The topological polar surface area (TPSA) is 23.8 Å². The fraction of sp³-hybridized carbons (Fsp3) is 0.462. The summed E-state index contributed by atoms with van der Waals surface area (Å²) >= 11 is 0. The highest BCUT2D eigenvalue weighted by molar-refractivity contribution is 5.41. The third-order valence-corrected chi connectivity index (χ3v) is 3.28. The lowest BCUT2D eigenvalue weighted by molar-refractivity contribution is -0.138. The second kappa shape index (κ2) is 4.40. The zero-order valence-corrected chi connectivity index (χ0v) is 9.22. The quantitative estimate of drug-likeness (QED) is 0.719. The van der Waals surface area contributed by atoms with Crippen molar-refractivity contribution in [1.82, 2.24) is 0 Å². The monoisotopic (exact) mass is 239 g/mol. The van der Waals surface area contributed by atoms with E-state index in [0.717, 1.165) is 31.7 Å². The third-order valence-electron chi connectivity index (χ3n) is 3.28. The Hall–Kier alpha value is -1.50. The number of halogens is 3. The molecule has 1 fully saturated rings. The number of hydrogen-bond donors (Lipinski definition) is 0. The Balaban J connectivity index is 2.47. The van der Waals surface area contributed by atoms with E-state index < -0.39 is 11.7 Å². The summed E-state index contributed by atoms with van der Waals surface area (Å²) in [5.41, 5.74) is -0.212. The van der Waals surface area contributed by atoms with Crippen molar-refractivity contribution >= 4 is 0 Å². The van der Waals surface area contributed by atoms with Crippen LogP contribution >= 0.6 is 0 Å². The molecule has 0 N–H and O–H groups in total. The third kappa shape index (κ3) is 2.44. The van der Waals surface area contributed by atoms with E-state index in [9.17, 15) is 13.2 Å². The Labute approximate surface area is 97.9 Å². The smallest absolute Gasteiger partial charge is 0.192 e. The molecule has 0 saturated heterocycles. The van der Waals surface area contributed by atoms with Crippen molar-refractivity contribution in [3.05, 3.63) is 34.9 Å². The molecule has 17 heavy (non-hydrogen) atoms. The molecule has 0 radical (unpaired) electrons. The second-order valence-corrected chi connectivity index (χ2v) is 4.39. The molecule has 0 bridgehead atoms. The molecular weight excluding hydrogens is 227 g/mol. The van der Waals surface area contributed by atoms with E-state index in [-0.39, 0.29) is 11.5 Å². The number of nitriles is 1. The van der Waals surface area contributed by atoms with Crippen molar-refractivity contribution in [2.24, 2.45) is 0 Å². The first-order valence-corrected chi connectivity index (χ1v) is 5.63. The van der Waals surface area contributed by atoms with E-state index in [4.69, 9.17) is 5.26 Å². The molecule has 0 heterocycles. The summed E-state index contributed by atoms with van der Waals surface area (Å²) in [5.74, 6) is -0.000585. The predicted octanol–water partition coefficient (Wildman–Crippen LogP) is 4.23. The van der Waals surface area contributed by atoms with Crippen molar-refractivity contribution in [3.63, 3.8) is 0 Å². The van der Waals surface area contributed by atoms with Gasteiger partial charge in [-0.1, -0.05) is 18.9 Å². The van der Waals surface area contributed by atoms with E-state index in [0.29, 0.717) is 5.56 Å². The van der Waals surface area contributed by atoms with Crippen molar-refractivity contribution < 1.29 is 13.2 Å². The van der Waals surface area contributed by atoms with Crippen LogP contribution in [0, 0.1) is 11.3 Å². The first-order valence-electron chi connectivity index (χ1n) is 5.63. The molecule has 4 heteroatoms. The van der Waals surface area contributed by atoms with Crippen LogP contribution in [0.15, 0.2) is 18.2 Å². The molecule has 0 amide bonds. The highest BCUT2D eigenvalue weighted by Gasteiger charge is 2.36. The largest absolute Gasteiger partial charge is 0.416 e. The van der Waals surface area contributed by atoms with Gasteiger partial charge in [0.05, 0.1) is 17.2 Å². The van der Waals surface area contributed by atoms with Crippen molar-refractivity contribution in [2.75, 3.05) is 0 Å². The zero-order valence-electron chi connectivity index (χ0n) is 9.22. The Morgan fingerprint density at radius 3 is 2.35 bits per heavy atom. The number of rotatable bonds is 1. The summed E-state index contributed by atoms with van der Waals surface area (Å²) in [6.45, 7) is 0. The van der Waals surface area contributed by atoms with Crippen molar-refractivity contribution in [2.45, 2.75) is 37.8 Å². The van der Waals surface area contributed by atoms with Gasteiger partial charge in [-0.2, -0.15) is 18.4 Å². The molecule has 1 aromatic carbocycles. The first-order chi connectivity index (χ1) is 8.02. The predicted molar refractivity (Wildman–Crippen MR) is 57.4 cm³/mol. The number of nitrogens with zero attached hydrogens (tertiary/aromatic N) is 1. The van der Waals surface area contributed by atoms with Gasteiger partial charge < -0.3 is 0 Å². The van der Waals surface area contributed by atoms with E-state index >= 15 is 0 Å². The second-order valence-electron chi connectivity index (χ2n) is 4.39. The Morgan fingerprint density at radius 2 is 1.82 bits per heavy atom. The van der Waals surface area contributed by atoms with Crippen LogP contribution in [0.1, 0.15) is 48.3 Å². The maximum atomic E-state index is 12.9. The van der Waals surface area contributed by atoms with Crippen LogP contribution in [0.3, 0.4) is 0 Å². The lowest BCUT2D eigenvalue weighted by atomic mass is 9.91. The van der Waals surface area contributed by atoms with Crippen LogP contribution in [0.4, 0.5) is 13.2 Å². The molecule has 90 valence electrons. The van der Waals surface area contributed by atoms with Gasteiger partial charge in [-0.15, -0.1) is 0 Å².